The van der Waals surface area contributed by atoms with Gasteiger partial charge in [0.15, 0.2) is 0 Å². The third kappa shape index (κ3) is 1.86. The van der Waals surface area contributed by atoms with Gasteiger partial charge in [-0.05, 0) is 35.4 Å². The Kier molecular flexibility index (Phi) is 2.55. The third-order valence-electron chi connectivity index (χ3n) is 2.24. The lowest BCUT2D eigenvalue weighted by Crippen LogP contribution is -1.96. The van der Waals surface area contributed by atoms with Gasteiger partial charge in [0.2, 0.25) is 0 Å². The van der Waals surface area contributed by atoms with E-state index in [0.717, 1.165) is 11.1 Å². The minimum atomic E-state index is -1.14. The minimum Gasteiger partial charge on any atom is -0.507 e. The van der Waals surface area contributed by atoms with Gasteiger partial charge >= 0.3 is 5.97 Å². The zero-order chi connectivity index (χ0) is 11.5. The molecule has 2 rings (SSSR count). The van der Waals surface area contributed by atoms with Crippen LogP contribution in [0.15, 0.2) is 42.7 Å². The average molecular weight is 215 g/mol. The third-order valence-corrected chi connectivity index (χ3v) is 2.24. The van der Waals surface area contributed by atoms with Gasteiger partial charge in [0, 0.05) is 12.4 Å². The van der Waals surface area contributed by atoms with Crippen molar-refractivity contribution in [2.45, 2.75) is 0 Å². The van der Waals surface area contributed by atoms with E-state index in [0.29, 0.717) is 0 Å². The first kappa shape index (κ1) is 10.2. The van der Waals surface area contributed by atoms with Crippen molar-refractivity contribution in [3.63, 3.8) is 0 Å². The number of phenols is 1. The Morgan fingerprint density at radius 3 is 2.38 bits per heavy atom. The van der Waals surface area contributed by atoms with Crippen LogP contribution in [0.3, 0.4) is 0 Å². The Labute approximate surface area is 91.8 Å². The van der Waals surface area contributed by atoms with Gasteiger partial charge in [0.25, 0.3) is 0 Å². The van der Waals surface area contributed by atoms with Crippen molar-refractivity contribution in [3.05, 3.63) is 48.3 Å². The summed E-state index contributed by atoms with van der Waals surface area (Å²) in [5.41, 5.74) is 1.49. The molecule has 0 saturated carbocycles. The van der Waals surface area contributed by atoms with Crippen molar-refractivity contribution >= 4 is 5.97 Å². The minimum absolute atomic E-state index is 0.102. The molecule has 0 atom stereocenters. The highest BCUT2D eigenvalue weighted by molar-refractivity contribution is 5.92. The van der Waals surface area contributed by atoms with Gasteiger partial charge in [-0.15, -0.1) is 0 Å². The van der Waals surface area contributed by atoms with Crippen LogP contribution in [0.5, 0.6) is 5.75 Å². The van der Waals surface area contributed by atoms with E-state index >= 15 is 0 Å². The Morgan fingerprint density at radius 1 is 1.06 bits per heavy atom. The first-order chi connectivity index (χ1) is 7.68. The van der Waals surface area contributed by atoms with Gasteiger partial charge in [0.1, 0.15) is 11.3 Å². The molecule has 1 aromatic carbocycles. The SMILES string of the molecule is O=C(O)c1cc(-c2ccncc2)ccc1O. The number of benzene rings is 1. The first-order valence-electron chi connectivity index (χ1n) is 4.65. The molecule has 0 saturated heterocycles. The molecule has 0 unspecified atom stereocenters. The molecule has 2 aromatic rings. The van der Waals surface area contributed by atoms with Crippen LogP contribution >= 0.6 is 0 Å². The molecule has 0 bridgehead atoms. The highest BCUT2D eigenvalue weighted by atomic mass is 16.4. The van der Waals surface area contributed by atoms with Crippen molar-refractivity contribution in [1.29, 1.82) is 0 Å². The molecule has 1 aromatic heterocycles. The molecule has 0 amide bonds. The van der Waals surface area contributed by atoms with Gasteiger partial charge in [-0.25, -0.2) is 4.79 Å². The van der Waals surface area contributed by atoms with Crippen molar-refractivity contribution in [3.8, 4) is 16.9 Å². The second-order valence-electron chi connectivity index (χ2n) is 3.27. The summed E-state index contributed by atoms with van der Waals surface area (Å²) in [6.45, 7) is 0. The number of aromatic carboxylic acids is 1. The van der Waals surface area contributed by atoms with E-state index in [1.165, 1.54) is 12.1 Å². The zero-order valence-corrected chi connectivity index (χ0v) is 8.29. The van der Waals surface area contributed by atoms with Crippen molar-refractivity contribution in [1.82, 2.24) is 4.98 Å². The predicted molar refractivity (Wildman–Crippen MR) is 58.3 cm³/mol. The fourth-order valence-corrected chi connectivity index (χ4v) is 1.43. The number of aromatic nitrogens is 1. The number of aromatic hydroxyl groups is 1. The summed E-state index contributed by atoms with van der Waals surface area (Å²) in [7, 11) is 0. The highest BCUT2D eigenvalue weighted by Gasteiger charge is 2.10. The largest absolute Gasteiger partial charge is 0.507 e. The van der Waals surface area contributed by atoms with Gasteiger partial charge < -0.3 is 10.2 Å². The summed E-state index contributed by atoms with van der Waals surface area (Å²) in [6.07, 6.45) is 3.26. The van der Waals surface area contributed by atoms with Crippen LogP contribution in [0, 0.1) is 0 Å². The van der Waals surface area contributed by atoms with E-state index in [-0.39, 0.29) is 11.3 Å². The Morgan fingerprint density at radius 2 is 1.75 bits per heavy atom. The summed E-state index contributed by atoms with van der Waals surface area (Å²) >= 11 is 0. The molecule has 2 N–H and O–H groups in total. The van der Waals surface area contributed by atoms with Crippen molar-refractivity contribution < 1.29 is 15.0 Å². The van der Waals surface area contributed by atoms with E-state index in [4.69, 9.17) is 5.11 Å². The Bertz CT molecular complexity index is 523. The van der Waals surface area contributed by atoms with E-state index in [1.54, 1.807) is 30.6 Å². The van der Waals surface area contributed by atoms with Gasteiger partial charge in [-0.3, -0.25) is 4.98 Å². The molecule has 80 valence electrons. The Hall–Kier alpha value is -2.36. The normalized spacial score (nSPS) is 10.0. The van der Waals surface area contributed by atoms with Crippen molar-refractivity contribution in [2.24, 2.45) is 0 Å². The lowest BCUT2D eigenvalue weighted by atomic mass is 10.0. The molecule has 0 radical (unpaired) electrons. The van der Waals surface area contributed by atoms with Crippen LogP contribution in [-0.2, 0) is 0 Å². The van der Waals surface area contributed by atoms with Crippen LogP contribution < -0.4 is 0 Å². The standard InChI is InChI=1S/C12H9NO3/c14-11-2-1-9(7-10(11)12(15)16)8-3-5-13-6-4-8/h1-7,14H,(H,15,16). The molecular formula is C12H9NO3. The van der Waals surface area contributed by atoms with Gasteiger partial charge in [0.05, 0.1) is 0 Å². The van der Waals surface area contributed by atoms with Gasteiger partial charge in [-0.2, -0.15) is 0 Å². The van der Waals surface area contributed by atoms with E-state index in [1.807, 2.05) is 0 Å². The highest BCUT2D eigenvalue weighted by Crippen LogP contribution is 2.25. The Balaban J connectivity index is 2.52. The number of carboxylic acids is 1. The summed E-state index contributed by atoms with van der Waals surface area (Å²) in [6, 6.07) is 8.03. The molecule has 1 heterocycles. The number of carboxylic acid groups (broad SMARTS) is 1. The zero-order valence-electron chi connectivity index (χ0n) is 8.29. The summed E-state index contributed by atoms with van der Waals surface area (Å²) in [4.78, 5) is 14.7. The molecule has 0 aliphatic rings. The summed E-state index contributed by atoms with van der Waals surface area (Å²) < 4.78 is 0. The molecule has 0 spiro atoms. The lowest BCUT2D eigenvalue weighted by molar-refractivity contribution is 0.0694. The number of pyridine rings is 1. The van der Waals surface area contributed by atoms with Crippen LogP contribution in [0.1, 0.15) is 10.4 Å². The quantitative estimate of drug-likeness (QED) is 0.805. The van der Waals surface area contributed by atoms with Gasteiger partial charge in [-0.1, -0.05) is 6.07 Å². The summed E-state index contributed by atoms with van der Waals surface area (Å²) in [5.74, 6) is -1.38. The maximum atomic E-state index is 10.8. The lowest BCUT2D eigenvalue weighted by Gasteiger charge is -2.04. The van der Waals surface area contributed by atoms with E-state index < -0.39 is 5.97 Å². The maximum Gasteiger partial charge on any atom is 0.339 e. The predicted octanol–water partition coefficient (Wildman–Crippen LogP) is 2.15. The van der Waals surface area contributed by atoms with Crippen LogP contribution in [0.4, 0.5) is 0 Å². The number of hydrogen-bond acceptors (Lipinski definition) is 3. The molecule has 16 heavy (non-hydrogen) atoms. The monoisotopic (exact) mass is 215 g/mol. The second kappa shape index (κ2) is 4.02. The molecule has 4 nitrogen and oxygen atoms in total. The number of hydrogen-bond donors (Lipinski definition) is 2. The summed E-state index contributed by atoms with van der Waals surface area (Å²) in [5, 5.41) is 18.2. The fraction of sp³-hybridized carbons (Fsp3) is 0. The number of rotatable bonds is 2. The molecule has 0 aliphatic carbocycles. The smallest absolute Gasteiger partial charge is 0.339 e. The van der Waals surface area contributed by atoms with Crippen LogP contribution in [-0.4, -0.2) is 21.2 Å². The fourth-order valence-electron chi connectivity index (χ4n) is 1.43. The van der Waals surface area contributed by atoms with E-state index in [2.05, 4.69) is 4.98 Å². The first-order valence-corrected chi connectivity index (χ1v) is 4.65. The maximum absolute atomic E-state index is 10.8. The molecule has 4 heteroatoms. The molecule has 0 fully saturated rings. The second-order valence-corrected chi connectivity index (χ2v) is 3.27. The van der Waals surface area contributed by atoms with Crippen LogP contribution in [0.2, 0.25) is 0 Å². The van der Waals surface area contributed by atoms with Crippen molar-refractivity contribution in [2.75, 3.05) is 0 Å². The van der Waals surface area contributed by atoms with Crippen LogP contribution in [0.25, 0.3) is 11.1 Å². The topological polar surface area (TPSA) is 70.4 Å². The number of carbonyl (C=O) groups is 1. The van der Waals surface area contributed by atoms with E-state index in [9.17, 15) is 9.90 Å². The number of nitrogens with zero attached hydrogens (tertiary/aromatic N) is 1. The molecular weight excluding hydrogens is 206 g/mol. The molecule has 0 aliphatic heterocycles. The average Bonchev–Trinajstić information content (AvgIpc) is 2.30.